The molecule has 2 N–H and O–H groups in total. The van der Waals surface area contributed by atoms with Crippen molar-refractivity contribution in [1.29, 1.82) is 0 Å². The molecule has 9 rings (SSSR count). The molecule has 17 nitrogen and oxygen atoms in total. The lowest BCUT2D eigenvalue weighted by atomic mass is 9.44. The molecule has 1 amide bonds. The minimum absolute atomic E-state index is 0.0323. The van der Waals surface area contributed by atoms with Crippen molar-refractivity contribution >= 4 is 44.0 Å². The minimum atomic E-state index is -2.63. The Labute approximate surface area is 455 Å². The highest BCUT2D eigenvalue weighted by atomic mass is 28.4. The molecule has 18 heteroatoms. The average Bonchev–Trinajstić information content (AvgIpc) is 4.20. The summed E-state index contributed by atoms with van der Waals surface area (Å²) < 4.78 is 57.3. The molecular formula is C60H71NO16Si. The molecule has 2 aliphatic heterocycles. The van der Waals surface area contributed by atoms with E-state index in [-0.39, 0.29) is 46.9 Å². The Bertz CT molecular complexity index is 3000. The monoisotopic (exact) mass is 1090 g/mol. The maximum atomic E-state index is 16.2. The summed E-state index contributed by atoms with van der Waals surface area (Å²) in [7, 11) is 0.368. The van der Waals surface area contributed by atoms with E-state index in [0.717, 1.165) is 0 Å². The minimum Gasteiger partial charge on any atom is -0.497 e. The second kappa shape index (κ2) is 20.9. The molecule has 11 atom stereocenters. The van der Waals surface area contributed by atoms with Crippen molar-refractivity contribution in [2.75, 3.05) is 20.8 Å². The standard InChI is InChI=1S/C60H71NO16Si/c1-12-78(13-2,14-3)77-44-32-45-59(34-72-45,75-36(5)62)49-52(74-54(66)38-24-19-16-20-25-38)60(68)33-43(35(4)47(56(60,6)7)48(63)51(64)57(44,49)8)73-55(67)58(9)50(41-26-21-29-71-41)61(53(65)37-22-17-15-18-23-37)46(76-58)30-39-27-28-40(69-10)31-42(39)70-11/h15-31,43-45,48-50,52,63,68H,12-14,32-34H2,1-11H3/b46-30-/t43-,44-,45+,48+,49-,50-,52-,57+,58+,59-,60+/m0/s1. The van der Waals surface area contributed by atoms with Gasteiger partial charge in [0, 0.05) is 48.4 Å². The van der Waals surface area contributed by atoms with Crippen molar-refractivity contribution in [3.63, 3.8) is 0 Å². The van der Waals surface area contributed by atoms with Gasteiger partial charge < -0.3 is 52.2 Å². The lowest BCUT2D eigenvalue weighted by Crippen LogP contribution is -2.82. The fourth-order valence-corrected chi connectivity index (χ4v) is 16.2. The van der Waals surface area contributed by atoms with Gasteiger partial charge in [-0.1, -0.05) is 71.0 Å². The van der Waals surface area contributed by atoms with Crippen LogP contribution in [0.2, 0.25) is 18.1 Å². The normalized spacial score (nSPS) is 31.6. The van der Waals surface area contributed by atoms with Gasteiger partial charge in [-0.3, -0.25) is 19.3 Å². The van der Waals surface area contributed by atoms with E-state index in [2.05, 4.69) is 20.8 Å². The number of Topliss-reactive ketones (excluding diaryl/α,β-unsaturated/α-hetero) is 1. The van der Waals surface area contributed by atoms with E-state index in [4.69, 9.17) is 42.0 Å². The van der Waals surface area contributed by atoms with Crippen LogP contribution in [-0.4, -0.2) is 121 Å². The van der Waals surface area contributed by atoms with Crippen molar-refractivity contribution < 1.29 is 76.2 Å². The number of amides is 1. The zero-order valence-electron chi connectivity index (χ0n) is 46.2. The third kappa shape index (κ3) is 8.87. The summed E-state index contributed by atoms with van der Waals surface area (Å²) in [6.07, 6.45) is -4.46. The van der Waals surface area contributed by atoms with E-state index in [9.17, 15) is 24.6 Å². The van der Waals surface area contributed by atoms with Gasteiger partial charge in [-0.25, -0.2) is 9.59 Å². The molecule has 3 heterocycles. The number of ether oxygens (including phenoxy) is 7. The van der Waals surface area contributed by atoms with E-state index in [1.807, 2.05) is 0 Å². The fourth-order valence-electron chi connectivity index (χ4n) is 13.3. The highest BCUT2D eigenvalue weighted by molar-refractivity contribution is 6.73. The molecule has 78 heavy (non-hydrogen) atoms. The van der Waals surface area contributed by atoms with Crippen LogP contribution in [0.3, 0.4) is 0 Å². The summed E-state index contributed by atoms with van der Waals surface area (Å²) in [4.78, 5) is 76.5. The highest BCUT2D eigenvalue weighted by Crippen LogP contribution is 2.65. The topological polar surface area (TPSA) is 216 Å². The number of benzene rings is 3. The number of furan rings is 1. The van der Waals surface area contributed by atoms with Gasteiger partial charge in [-0.2, -0.15) is 0 Å². The first kappa shape index (κ1) is 56.2. The van der Waals surface area contributed by atoms with Crippen LogP contribution in [0.25, 0.3) is 6.08 Å². The summed E-state index contributed by atoms with van der Waals surface area (Å²) in [6, 6.07) is 25.6. The van der Waals surface area contributed by atoms with E-state index in [0.29, 0.717) is 35.2 Å². The van der Waals surface area contributed by atoms with Crippen LogP contribution in [0, 0.1) is 16.7 Å². The lowest BCUT2D eigenvalue weighted by Gasteiger charge is -2.68. The molecule has 416 valence electrons. The Morgan fingerprint density at radius 1 is 0.859 bits per heavy atom. The van der Waals surface area contributed by atoms with Gasteiger partial charge in [-0.15, -0.1) is 0 Å². The van der Waals surface area contributed by atoms with Gasteiger partial charge in [0.05, 0.1) is 50.1 Å². The van der Waals surface area contributed by atoms with Crippen molar-refractivity contribution in [3.05, 3.63) is 137 Å². The smallest absolute Gasteiger partial charge is 0.353 e. The Balaban J connectivity index is 1.23. The molecule has 2 saturated heterocycles. The van der Waals surface area contributed by atoms with Crippen LogP contribution >= 0.6 is 0 Å². The SMILES string of the molecule is CC[Si](CC)(CC)O[C@H]1C[C@H]2OC[C@@]2(OC(C)=O)[C@H]2[C@H](OC(=O)c3ccccc3)[C@]3(O)C[C@H](OC(=O)[C@]4(C)O/C(=C\c5ccc(OC)cc5OC)N(C(=O)c5ccccc5)[C@H]4c4ccco4)C(C)=C([C@@H](O)C(=O)[C@]12C)C3(C)C. The largest absolute Gasteiger partial charge is 0.497 e. The van der Waals surface area contributed by atoms with Gasteiger partial charge >= 0.3 is 17.9 Å². The Morgan fingerprint density at radius 3 is 2.08 bits per heavy atom. The zero-order chi connectivity index (χ0) is 56.3. The number of rotatable bonds is 15. The van der Waals surface area contributed by atoms with Gasteiger partial charge in [-0.05, 0) is 98.6 Å². The first-order valence-electron chi connectivity index (χ1n) is 26.7. The number of nitrogens with zero attached hydrogens (tertiary/aromatic N) is 1. The van der Waals surface area contributed by atoms with Crippen LogP contribution < -0.4 is 9.47 Å². The average molecular weight is 1090 g/mol. The first-order chi connectivity index (χ1) is 37.0. The lowest BCUT2D eigenvalue weighted by molar-refractivity contribution is -0.344. The number of hydrogen-bond acceptors (Lipinski definition) is 16. The molecule has 2 bridgehead atoms. The van der Waals surface area contributed by atoms with Gasteiger partial charge in [0.25, 0.3) is 5.91 Å². The number of fused-ring (bicyclic) bond motifs is 5. The number of methoxy groups -OCH3 is 2. The van der Waals surface area contributed by atoms with E-state index < -0.39 is 114 Å². The van der Waals surface area contributed by atoms with Crippen molar-refractivity contribution in [3.8, 4) is 11.5 Å². The summed E-state index contributed by atoms with van der Waals surface area (Å²) in [5.41, 5.74) is -8.51. The number of aliphatic hydroxyl groups is 2. The van der Waals surface area contributed by atoms with Crippen LogP contribution in [0.4, 0.5) is 0 Å². The van der Waals surface area contributed by atoms with Gasteiger partial charge in [0.1, 0.15) is 53.3 Å². The maximum absolute atomic E-state index is 16.2. The molecule has 0 spiro atoms. The highest BCUT2D eigenvalue weighted by Gasteiger charge is 2.78. The quantitative estimate of drug-likeness (QED) is 0.0492. The first-order valence-corrected chi connectivity index (χ1v) is 29.2. The second-order valence-corrected chi connectivity index (χ2v) is 26.9. The summed E-state index contributed by atoms with van der Waals surface area (Å²) >= 11 is 0. The molecule has 3 aromatic carbocycles. The van der Waals surface area contributed by atoms with Crippen molar-refractivity contribution in [2.45, 2.75) is 147 Å². The zero-order valence-corrected chi connectivity index (χ0v) is 47.2. The molecule has 0 radical (unpaired) electrons. The Morgan fingerprint density at radius 2 is 1.51 bits per heavy atom. The number of carbonyl (C=O) groups is 5. The maximum Gasteiger partial charge on any atom is 0.353 e. The van der Waals surface area contributed by atoms with Crippen LogP contribution in [-0.2, 0) is 42.5 Å². The molecular weight excluding hydrogens is 1020 g/mol. The number of aliphatic hydroxyl groups excluding tert-OH is 1. The van der Waals surface area contributed by atoms with Crippen LogP contribution in [0.5, 0.6) is 11.5 Å². The molecule has 1 aromatic heterocycles. The number of esters is 3. The molecule has 3 aliphatic carbocycles. The summed E-state index contributed by atoms with van der Waals surface area (Å²) in [5, 5.41) is 27.3. The van der Waals surface area contributed by atoms with Gasteiger partial charge in [0.15, 0.2) is 25.6 Å². The third-order valence-electron chi connectivity index (χ3n) is 18.0. The predicted molar refractivity (Wildman–Crippen MR) is 286 cm³/mol. The van der Waals surface area contributed by atoms with E-state index in [1.54, 1.807) is 125 Å². The predicted octanol–water partition coefficient (Wildman–Crippen LogP) is 8.94. The number of hydrogen-bond donors (Lipinski definition) is 2. The van der Waals surface area contributed by atoms with E-state index in [1.165, 1.54) is 39.2 Å². The van der Waals surface area contributed by atoms with E-state index >= 15 is 9.59 Å². The van der Waals surface area contributed by atoms with Crippen LogP contribution in [0.15, 0.2) is 119 Å². The molecule has 4 fully saturated rings. The fraction of sp³-hybridized carbons (Fsp3) is 0.483. The van der Waals surface area contributed by atoms with Crippen molar-refractivity contribution in [1.82, 2.24) is 4.90 Å². The molecule has 4 aromatic rings. The summed E-state index contributed by atoms with van der Waals surface area (Å²) in [6.45, 7) is 15.2. The summed E-state index contributed by atoms with van der Waals surface area (Å²) in [5.74, 6) is -4.34. The molecule has 2 saturated carbocycles. The Kier molecular flexibility index (Phi) is 15.1. The van der Waals surface area contributed by atoms with Crippen molar-refractivity contribution in [2.24, 2.45) is 16.7 Å². The number of ketones is 1. The second-order valence-electron chi connectivity index (χ2n) is 22.2. The Hall–Kier alpha value is -6.57. The molecule has 0 unspecified atom stereocenters. The van der Waals surface area contributed by atoms with Gasteiger partial charge in [0.2, 0.25) is 5.60 Å². The van der Waals surface area contributed by atoms with Crippen LogP contribution in [0.1, 0.15) is 113 Å². The number of carbonyl (C=O) groups excluding carboxylic acids is 5. The molecule has 5 aliphatic rings. The third-order valence-corrected chi connectivity index (χ3v) is 22.6.